The highest BCUT2D eigenvalue weighted by Gasteiger charge is 2.07. The number of ether oxygens (including phenoxy) is 1. The quantitative estimate of drug-likeness (QED) is 0.904. The molecule has 0 aliphatic carbocycles. The van der Waals surface area contributed by atoms with E-state index in [1.165, 1.54) is 16.7 Å². The number of carbonyl (C=O) groups is 1. The minimum atomic E-state index is -1.23. The molecule has 0 spiro atoms. The summed E-state index contributed by atoms with van der Waals surface area (Å²) in [6.07, 6.45) is 1.61. The van der Waals surface area contributed by atoms with Gasteiger partial charge in [-0.3, -0.25) is 4.79 Å². The Morgan fingerprint density at radius 2 is 2.10 bits per heavy atom. The van der Waals surface area contributed by atoms with Gasteiger partial charge < -0.3 is 14.4 Å². The highest BCUT2D eigenvalue weighted by molar-refractivity contribution is 5.88. The van der Waals surface area contributed by atoms with Crippen LogP contribution in [0.1, 0.15) is 10.4 Å². The molecule has 1 N–H and O–H groups in total. The van der Waals surface area contributed by atoms with Gasteiger partial charge in [-0.1, -0.05) is 6.07 Å². The van der Waals surface area contributed by atoms with Gasteiger partial charge in [-0.2, -0.15) is 0 Å². The van der Waals surface area contributed by atoms with Crippen molar-refractivity contribution in [2.45, 2.75) is 6.54 Å². The molecule has 0 atom stereocenters. The van der Waals surface area contributed by atoms with Crippen LogP contribution in [-0.2, 0) is 6.54 Å². The molecule has 1 aromatic carbocycles. The van der Waals surface area contributed by atoms with Crippen molar-refractivity contribution in [3.8, 4) is 5.75 Å². The number of carboxylic acid groups (broad SMARTS) is 1. The summed E-state index contributed by atoms with van der Waals surface area (Å²) in [6, 6.07) is 8.01. The molecule has 0 unspecified atom stereocenters. The van der Waals surface area contributed by atoms with Gasteiger partial charge in [-0.15, -0.1) is 0 Å². The van der Waals surface area contributed by atoms with Crippen LogP contribution in [-0.4, -0.2) is 22.2 Å². The first kappa shape index (κ1) is 13.8. The van der Waals surface area contributed by atoms with Crippen LogP contribution in [0, 0.1) is 5.82 Å². The lowest BCUT2D eigenvalue weighted by Gasteiger charge is -2.08. The Bertz CT molecular complexity index is 681. The minimum Gasteiger partial charge on any atom is -0.492 e. The highest BCUT2D eigenvalue weighted by atomic mass is 19.1. The van der Waals surface area contributed by atoms with Crippen LogP contribution in [0.15, 0.2) is 47.4 Å². The number of pyridine rings is 1. The monoisotopic (exact) mass is 277 g/mol. The van der Waals surface area contributed by atoms with E-state index >= 15 is 0 Å². The number of hydrogen-bond donors (Lipinski definition) is 1. The van der Waals surface area contributed by atoms with Gasteiger partial charge in [0.15, 0.2) is 0 Å². The summed E-state index contributed by atoms with van der Waals surface area (Å²) < 4.78 is 19.9. The van der Waals surface area contributed by atoms with E-state index in [0.29, 0.717) is 6.54 Å². The summed E-state index contributed by atoms with van der Waals surface area (Å²) in [5.74, 6) is -1.79. The van der Waals surface area contributed by atoms with Crippen LogP contribution >= 0.6 is 0 Å². The van der Waals surface area contributed by atoms with E-state index < -0.39 is 11.8 Å². The van der Waals surface area contributed by atoms with Crippen LogP contribution in [0.4, 0.5) is 4.39 Å². The number of aromatic nitrogens is 1. The highest BCUT2D eigenvalue weighted by Crippen LogP contribution is 2.16. The molecule has 0 saturated heterocycles. The maximum absolute atomic E-state index is 13.2. The molecule has 20 heavy (non-hydrogen) atoms. The van der Waals surface area contributed by atoms with Gasteiger partial charge in [0.25, 0.3) is 5.56 Å². The Hall–Kier alpha value is -2.63. The number of carboxylic acids is 1. The number of nitrogens with zero attached hydrogens (tertiary/aromatic N) is 1. The number of aromatic carboxylic acids is 1. The second-order valence-electron chi connectivity index (χ2n) is 4.06. The van der Waals surface area contributed by atoms with E-state index in [9.17, 15) is 14.0 Å². The van der Waals surface area contributed by atoms with E-state index in [1.807, 2.05) is 0 Å². The predicted octanol–water partition coefficient (Wildman–Crippen LogP) is 1.76. The Morgan fingerprint density at radius 3 is 2.80 bits per heavy atom. The molecular formula is C14H12FNO4. The molecule has 0 amide bonds. The lowest BCUT2D eigenvalue weighted by atomic mass is 10.2. The van der Waals surface area contributed by atoms with Gasteiger partial charge >= 0.3 is 5.97 Å². The molecule has 5 nitrogen and oxygen atoms in total. The SMILES string of the molecule is O=C(O)c1cc(F)cc(OCCn2ccccc2=O)c1. The van der Waals surface area contributed by atoms with Gasteiger partial charge in [0.05, 0.1) is 12.1 Å². The van der Waals surface area contributed by atoms with Gasteiger partial charge in [-0.25, -0.2) is 9.18 Å². The van der Waals surface area contributed by atoms with Crippen molar-refractivity contribution in [1.29, 1.82) is 0 Å². The van der Waals surface area contributed by atoms with Crippen LogP contribution in [0.25, 0.3) is 0 Å². The molecular weight excluding hydrogens is 265 g/mol. The first-order chi connectivity index (χ1) is 9.56. The van der Waals surface area contributed by atoms with Gasteiger partial charge in [0.1, 0.15) is 18.2 Å². The summed E-state index contributed by atoms with van der Waals surface area (Å²) in [6.45, 7) is 0.422. The average molecular weight is 277 g/mol. The number of benzene rings is 1. The Morgan fingerprint density at radius 1 is 1.30 bits per heavy atom. The second-order valence-corrected chi connectivity index (χ2v) is 4.06. The third-order valence-electron chi connectivity index (χ3n) is 2.62. The third-order valence-corrected chi connectivity index (χ3v) is 2.62. The normalized spacial score (nSPS) is 10.2. The van der Waals surface area contributed by atoms with Crippen molar-refractivity contribution in [1.82, 2.24) is 4.57 Å². The topological polar surface area (TPSA) is 68.5 Å². The zero-order valence-electron chi connectivity index (χ0n) is 10.5. The van der Waals surface area contributed by atoms with Crippen molar-refractivity contribution in [2.24, 2.45) is 0 Å². The molecule has 104 valence electrons. The van der Waals surface area contributed by atoms with Crippen molar-refractivity contribution in [3.63, 3.8) is 0 Å². The van der Waals surface area contributed by atoms with Crippen molar-refractivity contribution in [2.75, 3.05) is 6.61 Å². The molecule has 0 aliphatic rings. The number of halogens is 1. The van der Waals surface area contributed by atoms with E-state index in [-0.39, 0.29) is 23.5 Å². The molecule has 0 bridgehead atoms. The molecule has 2 aromatic rings. The van der Waals surface area contributed by atoms with E-state index in [1.54, 1.807) is 18.3 Å². The molecule has 0 fully saturated rings. The Kier molecular flexibility index (Phi) is 4.14. The number of rotatable bonds is 5. The Labute approximate surface area is 113 Å². The fraction of sp³-hybridized carbons (Fsp3) is 0.143. The molecule has 0 aliphatic heterocycles. The molecule has 0 radical (unpaired) electrons. The van der Waals surface area contributed by atoms with E-state index in [0.717, 1.165) is 12.1 Å². The largest absolute Gasteiger partial charge is 0.492 e. The Balaban J connectivity index is 2.03. The predicted molar refractivity (Wildman–Crippen MR) is 69.6 cm³/mol. The van der Waals surface area contributed by atoms with Gasteiger partial charge in [-0.05, 0) is 18.2 Å². The van der Waals surface area contributed by atoms with Crippen molar-refractivity contribution < 1.29 is 19.0 Å². The molecule has 1 aromatic heterocycles. The summed E-state index contributed by atoms with van der Waals surface area (Å²) in [5, 5.41) is 8.81. The molecule has 1 heterocycles. The standard InChI is InChI=1S/C14H12FNO4/c15-11-7-10(14(18)19)8-12(9-11)20-6-5-16-4-2-1-3-13(16)17/h1-4,7-9H,5-6H2,(H,18,19). The minimum absolute atomic E-state index is 0.117. The lowest BCUT2D eigenvalue weighted by Crippen LogP contribution is -2.21. The summed E-state index contributed by atoms with van der Waals surface area (Å²) in [5.41, 5.74) is -0.349. The number of hydrogen-bond acceptors (Lipinski definition) is 3. The van der Waals surface area contributed by atoms with E-state index in [4.69, 9.17) is 9.84 Å². The van der Waals surface area contributed by atoms with Crippen LogP contribution < -0.4 is 10.3 Å². The van der Waals surface area contributed by atoms with Crippen molar-refractivity contribution >= 4 is 5.97 Å². The smallest absolute Gasteiger partial charge is 0.335 e. The van der Waals surface area contributed by atoms with Crippen LogP contribution in [0.5, 0.6) is 5.75 Å². The molecule has 2 rings (SSSR count). The van der Waals surface area contributed by atoms with Gasteiger partial charge in [0, 0.05) is 18.3 Å². The fourth-order valence-electron chi connectivity index (χ4n) is 1.68. The molecule has 6 heteroatoms. The first-order valence-corrected chi connectivity index (χ1v) is 5.88. The van der Waals surface area contributed by atoms with E-state index in [2.05, 4.69) is 0 Å². The maximum Gasteiger partial charge on any atom is 0.335 e. The fourth-order valence-corrected chi connectivity index (χ4v) is 1.68. The van der Waals surface area contributed by atoms with Crippen molar-refractivity contribution in [3.05, 3.63) is 64.3 Å². The average Bonchev–Trinajstić information content (AvgIpc) is 2.40. The zero-order chi connectivity index (χ0) is 14.5. The second kappa shape index (κ2) is 6.01. The summed E-state index contributed by atoms with van der Waals surface area (Å²) >= 11 is 0. The summed E-state index contributed by atoms with van der Waals surface area (Å²) in [4.78, 5) is 22.2. The maximum atomic E-state index is 13.2. The zero-order valence-corrected chi connectivity index (χ0v) is 10.5. The molecule has 0 saturated carbocycles. The third kappa shape index (κ3) is 3.44. The lowest BCUT2D eigenvalue weighted by molar-refractivity contribution is 0.0695. The first-order valence-electron chi connectivity index (χ1n) is 5.88. The van der Waals surface area contributed by atoms with Crippen LogP contribution in [0.2, 0.25) is 0 Å². The van der Waals surface area contributed by atoms with Crippen LogP contribution in [0.3, 0.4) is 0 Å². The summed E-state index contributed by atoms with van der Waals surface area (Å²) in [7, 11) is 0. The van der Waals surface area contributed by atoms with Gasteiger partial charge in [0.2, 0.25) is 0 Å².